The maximum Gasteiger partial charge on any atom is 0.410 e. The number of likely N-dealkylation sites (N-methyl/N-ethyl adjacent to an activating group) is 2. The number of nitrogens with one attached hydrogen (secondary N) is 1. The minimum atomic E-state index is -0.229. The van der Waals surface area contributed by atoms with Crippen molar-refractivity contribution in [1.82, 2.24) is 10.2 Å². The summed E-state index contributed by atoms with van der Waals surface area (Å²) in [5.41, 5.74) is 0. The van der Waals surface area contributed by atoms with Crippen molar-refractivity contribution in [3.05, 3.63) is 0 Å². The molecule has 0 saturated heterocycles. The highest BCUT2D eigenvalue weighted by Gasteiger charge is 2.12. The summed E-state index contributed by atoms with van der Waals surface area (Å²) in [4.78, 5) is 13.0. The molecule has 0 aromatic rings. The summed E-state index contributed by atoms with van der Waals surface area (Å²) in [5, 5.41) is 2.99. The fourth-order valence-electron chi connectivity index (χ4n) is 0.901. The molecule has 4 heteroatoms. The van der Waals surface area contributed by atoms with Gasteiger partial charge >= 0.3 is 6.09 Å². The SMILES string of the molecule is CCN(CCNC)C(=O)OC(C)C. The van der Waals surface area contributed by atoms with E-state index in [1.165, 1.54) is 0 Å². The Kier molecular flexibility index (Phi) is 6.32. The highest BCUT2D eigenvalue weighted by atomic mass is 16.6. The predicted octanol–water partition coefficient (Wildman–Crippen LogP) is 1.07. The third kappa shape index (κ3) is 5.47. The molecule has 0 radical (unpaired) electrons. The number of carbonyl (C=O) groups is 1. The molecule has 0 aromatic carbocycles. The maximum absolute atomic E-state index is 11.4. The number of hydrogen-bond acceptors (Lipinski definition) is 3. The van der Waals surface area contributed by atoms with Gasteiger partial charge in [0.05, 0.1) is 6.10 Å². The largest absolute Gasteiger partial charge is 0.447 e. The molecular weight excluding hydrogens is 168 g/mol. The Morgan fingerprint density at radius 1 is 1.54 bits per heavy atom. The summed E-state index contributed by atoms with van der Waals surface area (Å²) in [5.74, 6) is 0. The molecule has 13 heavy (non-hydrogen) atoms. The van der Waals surface area contributed by atoms with Gasteiger partial charge < -0.3 is 15.0 Å². The first-order chi connectivity index (χ1) is 6.11. The monoisotopic (exact) mass is 188 g/mol. The molecule has 78 valence electrons. The number of rotatable bonds is 5. The fourth-order valence-corrected chi connectivity index (χ4v) is 0.901. The summed E-state index contributed by atoms with van der Waals surface area (Å²) in [6.07, 6.45) is -0.274. The van der Waals surface area contributed by atoms with Crippen molar-refractivity contribution in [3.63, 3.8) is 0 Å². The van der Waals surface area contributed by atoms with Crippen LogP contribution >= 0.6 is 0 Å². The first-order valence-corrected chi connectivity index (χ1v) is 4.72. The Morgan fingerprint density at radius 3 is 2.54 bits per heavy atom. The smallest absolute Gasteiger partial charge is 0.410 e. The summed E-state index contributed by atoms with van der Waals surface area (Å²) in [6, 6.07) is 0. The second-order valence-corrected chi connectivity index (χ2v) is 3.12. The van der Waals surface area contributed by atoms with Crippen molar-refractivity contribution in [2.24, 2.45) is 0 Å². The third-order valence-corrected chi connectivity index (χ3v) is 1.61. The second-order valence-electron chi connectivity index (χ2n) is 3.12. The minimum Gasteiger partial charge on any atom is -0.447 e. The van der Waals surface area contributed by atoms with Crippen LogP contribution in [0.25, 0.3) is 0 Å². The Hall–Kier alpha value is -0.770. The number of carbonyl (C=O) groups excluding carboxylic acids is 1. The molecule has 0 aliphatic carbocycles. The zero-order valence-electron chi connectivity index (χ0n) is 8.96. The normalized spacial score (nSPS) is 10.2. The van der Waals surface area contributed by atoms with Gasteiger partial charge in [0, 0.05) is 19.6 Å². The molecular formula is C9H20N2O2. The zero-order chi connectivity index (χ0) is 10.3. The highest BCUT2D eigenvalue weighted by Crippen LogP contribution is 1.97. The summed E-state index contributed by atoms with van der Waals surface area (Å²) >= 11 is 0. The molecule has 0 aliphatic heterocycles. The molecule has 0 spiro atoms. The van der Waals surface area contributed by atoms with Gasteiger partial charge in [0.2, 0.25) is 0 Å². The summed E-state index contributed by atoms with van der Waals surface area (Å²) in [7, 11) is 1.86. The van der Waals surface area contributed by atoms with Crippen LogP contribution in [0.4, 0.5) is 4.79 Å². The molecule has 0 heterocycles. The molecule has 1 N–H and O–H groups in total. The first-order valence-electron chi connectivity index (χ1n) is 4.72. The lowest BCUT2D eigenvalue weighted by Crippen LogP contribution is -2.37. The van der Waals surface area contributed by atoms with E-state index in [0.29, 0.717) is 13.1 Å². The van der Waals surface area contributed by atoms with E-state index in [2.05, 4.69) is 5.32 Å². The maximum atomic E-state index is 11.4. The third-order valence-electron chi connectivity index (χ3n) is 1.61. The molecule has 0 aliphatic rings. The van der Waals surface area contributed by atoms with Gasteiger partial charge in [0.25, 0.3) is 0 Å². The van der Waals surface area contributed by atoms with E-state index in [1.54, 1.807) is 4.90 Å². The average molecular weight is 188 g/mol. The lowest BCUT2D eigenvalue weighted by atomic mass is 10.5. The lowest BCUT2D eigenvalue weighted by Gasteiger charge is -2.21. The van der Waals surface area contributed by atoms with Crippen molar-refractivity contribution in [3.8, 4) is 0 Å². The van der Waals surface area contributed by atoms with Crippen LogP contribution in [0.2, 0.25) is 0 Å². The van der Waals surface area contributed by atoms with Crippen LogP contribution in [0.3, 0.4) is 0 Å². The molecule has 4 nitrogen and oxygen atoms in total. The van der Waals surface area contributed by atoms with Gasteiger partial charge in [-0.3, -0.25) is 0 Å². The Balaban J connectivity index is 3.84. The van der Waals surface area contributed by atoms with Gasteiger partial charge in [-0.15, -0.1) is 0 Å². The molecule has 0 rings (SSSR count). The Bertz CT molecular complexity index is 149. The fraction of sp³-hybridized carbons (Fsp3) is 0.889. The molecule has 0 fully saturated rings. The van der Waals surface area contributed by atoms with Gasteiger partial charge in [0.15, 0.2) is 0 Å². The van der Waals surface area contributed by atoms with Gasteiger partial charge in [-0.1, -0.05) is 0 Å². The van der Waals surface area contributed by atoms with E-state index in [4.69, 9.17) is 4.74 Å². The molecule has 0 aromatic heterocycles. The molecule has 0 unspecified atom stereocenters. The van der Waals surface area contributed by atoms with Crippen LogP contribution in [-0.4, -0.2) is 43.8 Å². The number of amides is 1. The summed E-state index contributed by atoms with van der Waals surface area (Å²) < 4.78 is 5.06. The highest BCUT2D eigenvalue weighted by molar-refractivity contribution is 5.67. The van der Waals surface area contributed by atoms with E-state index in [9.17, 15) is 4.79 Å². The zero-order valence-corrected chi connectivity index (χ0v) is 8.96. The van der Waals surface area contributed by atoms with Crippen LogP contribution in [-0.2, 0) is 4.74 Å². The lowest BCUT2D eigenvalue weighted by molar-refractivity contribution is 0.0787. The van der Waals surface area contributed by atoms with Crippen LogP contribution in [0, 0.1) is 0 Å². The van der Waals surface area contributed by atoms with E-state index in [0.717, 1.165) is 6.54 Å². The number of nitrogens with zero attached hydrogens (tertiary/aromatic N) is 1. The van der Waals surface area contributed by atoms with Crippen molar-refractivity contribution in [1.29, 1.82) is 0 Å². The number of hydrogen-bond donors (Lipinski definition) is 1. The van der Waals surface area contributed by atoms with Crippen molar-refractivity contribution >= 4 is 6.09 Å². The van der Waals surface area contributed by atoms with Gasteiger partial charge in [-0.05, 0) is 27.8 Å². The molecule has 1 amide bonds. The predicted molar refractivity (Wildman–Crippen MR) is 52.8 cm³/mol. The molecule has 0 atom stereocenters. The van der Waals surface area contributed by atoms with Crippen LogP contribution in [0.5, 0.6) is 0 Å². The van der Waals surface area contributed by atoms with E-state index < -0.39 is 0 Å². The topological polar surface area (TPSA) is 41.6 Å². The van der Waals surface area contributed by atoms with Gasteiger partial charge in [-0.2, -0.15) is 0 Å². The van der Waals surface area contributed by atoms with Gasteiger partial charge in [-0.25, -0.2) is 4.79 Å². The van der Waals surface area contributed by atoms with Crippen LogP contribution in [0.1, 0.15) is 20.8 Å². The number of ether oxygens (including phenoxy) is 1. The minimum absolute atomic E-state index is 0.0452. The Morgan fingerprint density at radius 2 is 2.15 bits per heavy atom. The van der Waals surface area contributed by atoms with Crippen LogP contribution < -0.4 is 5.32 Å². The van der Waals surface area contributed by atoms with E-state index >= 15 is 0 Å². The van der Waals surface area contributed by atoms with Gasteiger partial charge in [0.1, 0.15) is 0 Å². The van der Waals surface area contributed by atoms with E-state index in [-0.39, 0.29) is 12.2 Å². The van der Waals surface area contributed by atoms with Crippen molar-refractivity contribution < 1.29 is 9.53 Å². The summed E-state index contributed by atoms with van der Waals surface area (Å²) in [6.45, 7) is 7.82. The van der Waals surface area contributed by atoms with E-state index in [1.807, 2.05) is 27.8 Å². The molecule has 0 bridgehead atoms. The van der Waals surface area contributed by atoms with Crippen molar-refractivity contribution in [2.75, 3.05) is 26.7 Å². The van der Waals surface area contributed by atoms with Crippen LogP contribution in [0.15, 0.2) is 0 Å². The Labute approximate surface area is 80.2 Å². The standard InChI is InChI=1S/C9H20N2O2/c1-5-11(7-6-10-4)9(12)13-8(2)3/h8,10H,5-7H2,1-4H3. The van der Waals surface area contributed by atoms with Crippen molar-refractivity contribution in [2.45, 2.75) is 26.9 Å². The average Bonchev–Trinajstić information content (AvgIpc) is 2.04. The molecule has 0 saturated carbocycles. The first kappa shape index (κ1) is 12.2. The second kappa shape index (κ2) is 6.71. The quantitative estimate of drug-likeness (QED) is 0.701.